The van der Waals surface area contributed by atoms with Gasteiger partial charge in [0.2, 0.25) is 0 Å². The molecular weight excluding hydrogens is 238 g/mol. The number of nitrogens with zero attached hydrogens (tertiary/aromatic N) is 2. The van der Waals surface area contributed by atoms with E-state index in [0.29, 0.717) is 0 Å². The number of anilines is 1. The van der Waals surface area contributed by atoms with Crippen molar-refractivity contribution in [3.05, 3.63) is 33.9 Å². The number of nitrogens with two attached hydrogens (primary N) is 1. The first-order valence-electron chi connectivity index (χ1n) is 5.25. The molecule has 94 valence electrons. The average molecular weight is 255 g/mol. The lowest BCUT2D eigenvalue weighted by molar-refractivity contribution is -0.383. The van der Waals surface area contributed by atoms with Gasteiger partial charge in [-0.05, 0) is 24.9 Å². The number of benzene rings is 1. The standard InChI is InChI=1S/C11H17N3O2S/c1-13(5-6-17-2)8-9-3-4-11(14(15)16)10(12)7-9/h3-4,7H,5-6,8,12H2,1-2H3. The molecule has 0 saturated heterocycles. The maximum Gasteiger partial charge on any atom is 0.292 e. The van der Waals surface area contributed by atoms with E-state index in [1.165, 1.54) is 6.07 Å². The van der Waals surface area contributed by atoms with Crippen LogP contribution >= 0.6 is 11.8 Å². The molecule has 17 heavy (non-hydrogen) atoms. The van der Waals surface area contributed by atoms with E-state index in [1.807, 2.05) is 7.05 Å². The van der Waals surface area contributed by atoms with Crippen LogP contribution in [0.3, 0.4) is 0 Å². The van der Waals surface area contributed by atoms with Crippen LogP contribution in [0.1, 0.15) is 5.56 Å². The van der Waals surface area contributed by atoms with Gasteiger partial charge < -0.3 is 10.6 Å². The van der Waals surface area contributed by atoms with E-state index in [2.05, 4.69) is 11.2 Å². The normalized spacial score (nSPS) is 10.8. The fourth-order valence-electron chi connectivity index (χ4n) is 1.51. The largest absolute Gasteiger partial charge is 0.393 e. The molecule has 0 aliphatic carbocycles. The lowest BCUT2D eigenvalue weighted by atomic mass is 10.1. The highest BCUT2D eigenvalue weighted by molar-refractivity contribution is 7.98. The molecule has 2 N–H and O–H groups in total. The molecule has 1 aromatic carbocycles. The summed E-state index contributed by atoms with van der Waals surface area (Å²) in [6.07, 6.45) is 2.07. The van der Waals surface area contributed by atoms with Gasteiger partial charge >= 0.3 is 0 Å². The van der Waals surface area contributed by atoms with E-state index in [0.717, 1.165) is 24.4 Å². The molecule has 0 heterocycles. The van der Waals surface area contributed by atoms with Crippen molar-refractivity contribution < 1.29 is 4.92 Å². The van der Waals surface area contributed by atoms with Crippen molar-refractivity contribution in [3.8, 4) is 0 Å². The highest BCUT2D eigenvalue weighted by atomic mass is 32.2. The zero-order valence-corrected chi connectivity index (χ0v) is 10.9. The SMILES string of the molecule is CSCCN(C)Cc1ccc([N+](=O)[O-])c(N)c1. The molecule has 1 aromatic rings. The first kappa shape index (κ1) is 13.8. The minimum absolute atomic E-state index is 0.0273. The second kappa shape index (κ2) is 6.46. The maximum atomic E-state index is 10.6. The Balaban J connectivity index is 2.67. The third-order valence-electron chi connectivity index (χ3n) is 2.42. The Morgan fingerprint density at radius 1 is 1.53 bits per heavy atom. The summed E-state index contributed by atoms with van der Waals surface area (Å²) in [6, 6.07) is 4.89. The highest BCUT2D eigenvalue weighted by Crippen LogP contribution is 2.22. The lowest BCUT2D eigenvalue weighted by Crippen LogP contribution is -2.20. The summed E-state index contributed by atoms with van der Waals surface area (Å²) < 4.78 is 0. The molecule has 0 unspecified atom stereocenters. The van der Waals surface area contributed by atoms with Crippen molar-refractivity contribution >= 4 is 23.1 Å². The molecule has 6 heteroatoms. The Morgan fingerprint density at radius 2 is 2.24 bits per heavy atom. The Hall–Kier alpha value is -1.27. The number of nitro benzene ring substituents is 1. The van der Waals surface area contributed by atoms with Crippen LogP contribution < -0.4 is 5.73 Å². The van der Waals surface area contributed by atoms with E-state index in [1.54, 1.807) is 23.9 Å². The predicted octanol–water partition coefficient (Wildman–Crippen LogP) is 1.97. The smallest absolute Gasteiger partial charge is 0.292 e. The molecule has 0 bridgehead atoms. The van der Waals surface area contributed by atoms with Gasteiger partial charge in [-0.15, -0.1) is 0 Å². The molecule has 0 aliphatic heterocycles. The van der Waals surface area contributed by atoms with Gasteiger partial charge in [-0.3, -0.25) is 10.1 Å². The molecule has 0 radical (unpaired) electrons. The van der Waals surface area contributed by atoms with Gasteiger partial charge in [0.1, 0.15) is 5.69 Å². The summed E-state index contributed by atoms with van der Waals surface area (Å²) in [5, 5.41) is 10.6. The van der Waals surface area contributed by atoms with Gasteiger partial charge in [0.15, 0.2) is 0 Å². The molecule has 1 rings (SSSR count). The van der Waals surface area contributed by atoms with Crippen molar-refractivity contribution in [1.29, 1.82) is 0 Å². The quantitative estimate of drug-likeness (QED) is 0.478. The van der Waals surface area contributed by atoms with Crippen LogP contribution in [0.15, 0.2) is 18.2 Å². The Labute approximate surface area is 105 Å². The monoisotopic (exact) mass is 255 g/mol. The zero-order valence-electron chi connectivity index (χ0n) is 10.0. The van der Waals surface area contributed by atoms with Crippen LogP contribution in [0, 0.1) is 10.1 Å². The number of nitrogen functional groups attached to an aromatic ring is 1. The molecule has 0 amide bonds. The third-order valence-corrected chi connectivity index (χ3v) is 3.01. The molecule has 0 atom stereocenters. The second-order valence-electron chi connectivity index (χ2n) is 3.88. The van der Waals surface area contributed by atoms with Gasteiger partial charge in [0, 0.05) is 24.9 Å². The van der Waals surface area contributed by atoms with E-state index < -0.39 is 4.92 Å². The van der Waals surface area contributed by atoms with Gasteiger partial charge in [-0.25, -0.2) is 0 Å². The maximum absolute atomic E-state index is 10.6. The third kappa shape index (κ3) is 4.24. The number of nitro groups is 1. The van der Waals surface area contributed by atoms with Crippen LogP contribution in [0.5, 0.6) is 0 Å². The van der Waals surface area contributed by atoms with Crippen molar-refractivity contribution in [3.63, 3.8) is 0 Å². The minimum Gasteiger partial charge on any atom is -0.393 e. The van der Waals surface area contributed by atoms with E-state index >= 15 is 0 Å². The highest BCUT2D eigenvalue weighted by Gasteiger charge is 2.11. The van der Waals surface area contributed by atoms with Crippen LogP contribution in [0.25, 0.3) is 0 Å². The predicted molar refractivity (Wildman–Crippen MR) is 72.2 cm³/mol. The molecule has 0 spiro atoms. The summed E-state index contributed by atoms with van der Waals surface area (Å²) in [6.45, 7) is 1.74. The van der Waals surface area contributed by atoms with Crippen LogP contribution in [-0.2, 0) is 6.54 Å². The summed E-state index contributed by atoms with van der Waals surface area (Å²) in [5.74, 6) is 1.07. The van der Waals surface area contributed by atoms with Crippen LogP contribution in [0.2, 0.25) is 0 Å². The lowest BCUT2D eigenvalue weighted by Gasteiger charge is -2.16. The van der Waals surface area contributed by atoms with Crippen LogP contribution in [-0.4, -0.2) is 35.4 Å². The fraction of sp³-hybridized carbons (Fsp3) is 0.455. The van der Waals surface area contributed by atoms with Gasteiger partial charge in [-0.1, -0.05) is 6.07 Å². The van der Waals surface area contributed by atoms with Gasteiger partial charge in [0.05, 0.1) is 4.92 Å². The van der Waals surface area contributed by atoms with Crippen molar-refractivity contribution in [2.24, 2.45) is 0 Å². The topological polar surface area (TPSA) is 72.4 Å². The molecular formula is C11H17N3O2S. The summed E-state index contributed by atoms with van der Waals surface area (Å²) in [7, 11) is 2.02. The number of thioether (sulfide) groups is 1. The molecule has 5 nitrogen and oxygen atoms in total. The Morgan fingerprint density at radius 3 is 2.76 bits per heavy atom. The molecule has 0 saturated carbocycles. The first-order valence-corrected chi connectivity index (χ1v) is 6.64. The molecule has 0 aromatic heterocycles. The first-order chi connectivity index (χ1) is 8.04. The van der Waals surface area contributed by atoms with Crippen molar-refractivity contribution in [1.82, 2.24) is 4.90 Å². The average Bonchev–Trinajstić information content (AvgIpc) is 2.26. The van der Waals surface area contributed by atoms with E-state index in [4.69, 9.17) is 5.73 Å². The number of rotatable bonds is 6. The molecule has 0 aliphatic rings. The number of hydrogen-bond acceptors (Lipinski definition) is 5. The van der Waals surface area contributed by atoms with E-state index in [9.17, 15) is 10.1 Å². The Bertz CT molecular complexity index is 398. The van der Waals surface area contributed by atoms with Gasteiger partial charge in [-0.2, -0.15) is 11.8 Å². The van der Waals surface area contributed by atoms with Crippen LogP contribution in [0.4, 0.5) is 11.4 Å². The van der Waals surface area contributed by atoms with Crippen molar-refractivity contribution in [2.45, 2.75) is 6.54 Å². The molecule has 0 fully saturated rings. The second-order valence-corrected chi connectivity index (χ2v) is 4.87. The van der Waals surface area contributed by atoms with E-state index in [-0.39, 0.29) is 11.4 Å². The summed E-state index contributed by atoms with van der Waals surface area (Å²) in [5.41, 5.74) is 6.83. The summed E-state index contributed by atoms with van der Waals surface area (Å²) >= 11 is 1.79. The Kier molecular flexibility index (Phi) is 5.24. The zero-order chi connectivity index (χ0) is 12.8. The minimum atomic E-state index is -0.462. The summed E-state index contributed by atoms with van der Waals surface area (Å²) in [4.78, 5) is 12.3. The fourth-order valence-corrected chi connectivity index (χ4v) is 2.00. The van der Waals surface area contributed by atoms with Gasteiger partial charge in [0.25, 0.3) is 5.69 Å². The van der Waals surface area contributed by atoms with Crippen molar-refractivity contribution in [2.75, 3.05) is 31.3 Å². The number of hydrogen-bond donors (Lipinski definition) is 1.